The SMILES string of the molecule is CN(C)C(CCc1ccccc1)C1CCC(CNC(=O)COCC2CCCN2S(=O)(=O)c2ccc(Cl)c(Cl)c2)CC1. The van der Waals surface area contributed by atoms with Crippen molar-refractivity contribution in [3.63, 3.8) is 0 Å². The Bertz CT molecular complexity index is 1240. The summed E-state index contributed by atoms with van der Waals surface area (Å²) >= 11 is 12.0. The Kier molecular flexibility index (Phi) is 11.9. The van der Waals surface area contributed by atoms with Crippen LogP contribution in [0, 0.1) is 11.8 Å². The van der Waals surface area contributed by atoms with Crippen molar-refractivity contribution in [2.75, 3.05) is 40.4 Å². The molecule has 0 bridgehead atoms. The van der Waals surface area contributed by atoms with Crippen LogP contribution < -0.4 is 5.32 Å². The van der Waals surface area contributed by atoms with Gasteiger partial charge in [0.2, 0.25) is 15.9 Å². The fraction of sp³-hybridized carbons (Fsp3) is 0.581. The highest BCUT2D eigenvalue weighted by Gasteiger charge is 2.36. The van der Waals surface area contributed by atoms with Crippen molar-refractivity contribution in [2.24, 2.45) is 11.8 Å². The van der Waals surface area contributed by atoms with Crippen molar-refractivity contribution in [1.29, 1.82) is 0 Å². The van der Waals surface area contributed by atoms with Crippen LogP contribution in [0.4, 0.5) is 0 Å². The molecule has 2 aromatic rings. The lowest BCUT2D eigenvalue weighted by Crippen LogP contribution is -2.40. The summed E-state index contributed by atoms with van der Waals surface area (Å²) in [7, 11) is 0.650. The van der Waals surface area contributed by atoms with E-state index >= 15 is 0 Å². The van der Waals surface area contributed by atoms with Gasteiger partial charge in [-0.25, -0.2) is 8.42 Å². The highest BCUT2D eigenvalue weighted by molar-refractivity contribution is 7.89. The third-order valence-electron chi connectivity index (χ3n) is 8.62. The Labute approximate surface area is 255 Å². The van der Waals surface area contributed by atoms with Crippen molar-refractivity contribution in [3.8, 4) is 0 Å². The number of carbonyl (C=O) groups excluding carboxylic acids is 1. The zero-order valence-electron chi connectivity index (χ0n) is 24.1. The molecule has 2 aliphatic rings. The van der Waals surface area contributed by atoms with Crippen molar-refractivity contribution in [1.82, 2.24) is 14.5 Å². The van der Waals surface area contributed by atoms with E-state index in [1.54, 1.807) is 0 Å². The van der Waals surface area contributed by atoms with Crippen LogP contribution >= 0.6 is 23.2 Å². The second-order valence-corrected chi connectivity index (χ2v) is 14.3. The van der Waals surface area contributed by atoms with Gasteiger partial charge in [0, 0.05) is 25.2 Å². The number of amides is 1. The summed E-state index contributed by atoms with van der Waals surface area (Å²) in [6, 6.07) is 15.3. The number of hydrogen-bond donors (Lipinski definition) is 1. The van der Waals surface area contributed by atoms with E-state index in [2.05, 4.69) is 54.6 Å². The molecule has 1 amide bonds. The first-order valence-electron chi connectivity index (χ1n) is 14.7. The first-order valence-corrected chi connectivity index (χ1v) is 16.9. The molecule has 2 atom stereocenters. The predicted molar refractivity (Wildman–Crippen MR) is 165 cm³/mol. The second kappa shape index (κ2) is 15.2. The summed E-state index contributed by atoms with van der Waals surface area (Å²) in [6.45, 7) is 1.17. The monoisotopic (exact) mass is 623 g/mol. The molecule has 2 aromatic carbocycles. The number of ether oxygens (including phenoxy) is 1. The lowest BCUT2D eigenvalue weighted by atomic mass is 9.76. The Morgan fingerprint density at radius 1 is 1.05 bits per heavy atom. The predicted octanol–water partition coefficient (Wildman–Crippen LogP) is 5.65. The Balaban J connectivity index is 1.16. The number of nitrogens with zero attached hydrogens (tertiary/aromatic N) is 2. The summed E-state index contributed by atoms with van der Waals surface area (Å²) < 4.78 is 33.5. The molecule has 1 N–H and O–H groups in total. The maximum Gasteiger partial charge on any atom is 0.246 e. The van der Waals surface area contributed by atoms with Crippen LogP contribution in [0.1, 0.15) is 50.5 Å². The highest BCUT2D eigenvalue weighted by Crippen LogP contribution is 2.34. The van der Waals surface area contributed by atoms with E-state index in [-0.39, 0.29) is 35.1 Å². The van der Waals surface area contributed by atoms with E-state index in [0.29, 0.717) is 42.4 Å². The number of nitrogens with one attached hydrogen (secondary N) is 1. The summed E-state index contributed by atoms with van der Waals surface area (Å²) in [6.07, 6.45) is 8.28. The molecule has 0 aromatic heterocycles. The van der Waals surface area contributed by atoms with Crippen LogP contribution in [0.15, 0.2) is 53.4 Å². The van der Waals surface area contributed by atoms with Crippen LogP contribution in [-0.2, 0) is 26.0 Å². The van der Waals surface area contributed by atoms with E-state index in [1.807, 2.05) is 0 Å². The van der Waals surface area contributed by atoms with Gasteiger partial charge in [-0.05, 0) is 101 Å². The largest absolute Gasteiger partial charge is 0.370 e. The molecule has 1 heterocycles. The molecular formula is C31H43Cl2N3O4S. The summed E-state index contributed by atoms with van der Waals surface area (Å²) in [4.78, 5) is 15.0. The van der Waals surface area contributed by atoms with Gasteiger partial charge < -0.3 is 15.0 Å². The van der Waals surface area contributed by atoms with E-state index < -0.39 is 10.0 Å². The fourth-order valence-electron chi connectivity index (χ4n) is 6.31. The van der Waals surface area contributed by atoms with Crippen molar-refractivity contribution in [3.05, 3.63) is 64.1 Å². The molecule has 7 nitrogen and oxygen atoms in total. The molecule has 2 fully saturated rings. The topological polar surface area (TPSA) is 79.0 Å². The highest BCUT2D eigenvalue weighted by atomic mass is 35.5. The number of rotatable bonds is 13. The van der Waals surface area contributed by atoms with Crippen molar-refractivity contribution in [2.45, 2.75) is 68.3 Å². The Morgan fingerprint density at radius 2 is 1.78 bits per heavy atom. The molecule has 226 valence electrons. The zero-order chi connectivity index (χ0) is 29.4. The van der Waals surface area contributed by atoms with E-state index in [1.165, 1.54) is 40.9 Å². The molecule has 1 aliphatic heterocycles. The molecule has 1 saturated carbocycles. The van der Waals surface area contributed by atoms with Gasteiger partial charge in [0.15, 0.2) is 0 Å². The number of halogens is 2. The molecule has 1 saturated heterocycles. The molecule has 4 rings (SSSR count). The third kappa shape index (κ3) is 8.91. The molecule has 2 unspecified atom stereocenters. The van der Waals surface area contributed by atoms with Crippen molar-refractivity contribution < 1.29 is 17.9 Å². The van der Waals surface area contributed by atoms with Gasteiger partial charge in [-0.1, -0.05) is 53.5 Å². The minimum Gasteiger partial charge on any atom is -0.370 e. The summed E-state index contributed by atoms with van der Waals surface area (Å²) in [5.41, 5.74) is 1.40. The van der Waals surface area contributed by atoms with Gasteiger partial charge in [-0.3, -0.25) is 4.79 Å². The van der Waals surface area contributed by atoms with Gasteiger partial charge in [-0.2, -0.15) is 4.31 Å². The van der Waals surface area contributed by atoms with Gasteiger partial charge in [0.05, 0.1) is 21.5 Å². The first kappa shape index (κ1) is 32.2. The van der Waals surface area contributed by atoms with Crippen LogP contribution in [0.2, 0.25) is 10.0 Å². The molecule has 41 heavy (non-hydrogen) atoms. The standard InChI is InChI=1S/C31H43Cl2N3O4S/c1-35(2)30(17-12-23-7-4-3-5-8-23)25-13-10-24(11-14-25)20-34-31(37)22-40-21-26-9-6-18-36(26)41(38,39)27-15-16-28(32)29(33)19-27/h3-5,7-8,15-16,19,24-26,30H,6,9-14,17-18,20-22H2,1-2H3,(H,34,37). The minimum absolute atomic E-state index is 0.0747. The third-order valence-corrected chi connectivity index (χ3v) is 11.3. The first-order chi connectivity index (χ1) is 19.6. The van der Waals surface area contributed by atoms with Gasteiger partial charge >= 0.3 is 0 Å². The second-order valence-electron chi connectivity index (χ2n) is 11.6. The van der Waals surface area contributed by atoms with Gasteiger partial charge in [-0.15, -0.1) is 0 Å². The number of sulfonamides is 1. The van der Waals surface area contributed by atoms with E-state index in [9.17, 15) is 13.2 Å². The van der Waals surface area contributed by atoms with Crippen molar-refractivity contribution >= 4 is 39.1 Å². The van der Waals surface area contributed by atoms with Crippen LogP contribution in [0.5, 0.6) is 0 Å². The zero-order valence-corrected chi connectivity index (χ0v) is 26.4. The number of carbonyl (C=O) groups is 1. The molecular weight excluding hydrogens is 581 g/mol. The van der Waals surface area contributed by atoms with E-state index in [0.717, 1.165) is 32.1 Å². The molecule has 1 aliphatic carbocycles. The average Bonchev–Trinajstić information content (AvgIpc) is 3.44. The normalized spacial score (nSPS) is 22.6. The lowest BCUT2D eigenvalue weighted by molar-refractivity contribution is -0.126. The number of hydrogen-bond acceptors (Lipinski definition) is 5. The van der Waals surface area contributed by atoms with E-state index in [4.69, 9.17) is 27.9 Å². The summed E-state index contributed by atoms with van der Waals surface area (Å²) in [5.74, 6) is 1.00. The smallest absolute Gasteiger partial charge is 0.246 e. The number of benzene rings is 2. The quantitative estimate of drug-likeness (QED) is 0.312. The fourth-order valence-corrected chi connectivity index (χ4v) is 8.38. The molecule has 0 radical (unpaired) electrons. The Hall–Kier alpha value is -1.68. The van der Waals surface area contributed by atoms with Crippen LogP contribution in [-0.4, -0.2) is 76.0 Å². The van der Waals surface area contributed by atoms with Crippen LogP contribution in [0.3, 0.4) is 0 Å². The lowest BCUT2D eigenvalue weighted by Gasteiger charge is -2.37. The maximum atomic E-state index is 13.2. The van der Waals surface area contributed by atoms with Gasteiger partial charge in [0.25, 0.3) is 0 Å². The minimum atomic E-state index is -3.73. The number of aryl methyl sites for hydroxylation is 1. The average molecular weight is 625 g/mol. The maximum absolute atomic E-state index is 13.2. The van der Waals surface area contributed by atoms with Crippen LogP contribution in [0.25, 0.3) is 0 Å². The van der Waals surface area contributed by atoms with Gasteiger partial charge in [0.1, 0.15) is 6.61 Å². The Morgan fingerprint density at radius 3 is 2.46 bits per heavy atom. The molecule has 0 spiro atoms. The molecule has 10 heteroatoms. The summed E-state index contributed by atoms with van der Waals surface area (Å²) in [5, 5.41) is 3.54.